The van der Waals surface area contributed by atoms with Gasteiger partial charge in [-0.3, -0.25) is 4.79 Å². The molecule has 0 heterocycles. The molecule has 76 valence electrons. The fraction of sp³-hybridized carbons (Fsp3) is 0.909. The van der Waals surface area contributed by atoms with Gasteiger partial charge in [0.15, 0.2) is 5.78 Å². The fourth-order valence-corrected chi connectivity index (χ4v) is 2.07. The molecule has 0 atom stereocenters. The van der Waals surface area contributed by atoms with Gasteiger partial charge in [-0.15, -0.1) is 0 Å². The number of Topliss-reactive ketones (excluding diaryl/α,β-unsaturated/α-hetero) is 1. The van der Waals surface area contributed by atoms with Crippen molar-refractivity contribution in [3.63, 3.8) is 0 Å². The Morgan fingerprint density at radius 2 is 1.92 bits per heavy atom. The summed E-state index contributed by atoms with van der Waals surface area (Å²) in [5, 5.41) is 0. The Morgan fingerprint density at radius 1 is 1.31 bits per heavy atom. The Labute approximate surface area is 80.7 Å². The minimum atomic E-state index is -0.384. The van der Waals surface area contributed by atoms with E-state index in [1.165, 1.54) is 0 Å². The van der Waals surface area contributed by atoms with Gasteiger partial charge in [0.2, 0.25) is 0 Å². The lowest BCUT2D eigenvalue weighted by atomic mass is 9.94. The smallest absolute Gasteiger partial charge is 0.164 e. The van der Waals surface area contributed by atoms with E-state index in [0.29, 0.717) is 12.2 Å². The van der Waals surface area contributed by atoms with Crippen molar-refractivity contribution < 1.29 is 9.53 Å². The molecule has 2 heteroatoms. The second-order valence-corrected chi connectivity index (χ2v) is 3.83. The van der Waals surface area contributed by atoms with E-state index in [-0.39, 0.29) is 5.60 Å². The lowest BCUT2D eigenvalue weighted by Crippen LogP contribution is -2.38. The van der Waals surface area contributed by atoms with Crippen LogP contribution in [-0.2, 0) is 9.53 Å². The number of carbonyl (C=O) groups excluding carboxylic acids is 1. The molecule has 1 aliphatic carbocycles. The molecule has 13 heavy (non-hydrogen) atoms. The Hall–Kier alpha value is -0.370. The van der Waals surface area contributed by atoms with Crippen LogP contribution in [0.5, 0.6) is 0 Å². The van der Waals surface area contributed by atoms with Crippen LogP contribution < -0.4 is 0 Å². The summed E-state index contributed by atoms with van der Waals surface area (Å²) in [5.41, 5.74) is -0.384. The Balaban J connectivity index is 2.57. The molecule has 0 aliphatic heterocycles. The van der Waals surface area contributed by atoms with Gasteiger partial charge in [-0.2, -0.15) is 0 Å². The number of hydrogen-bond donors (Lipinski definition) is 0. The van der Waals surface area contributed by atoms with Crippen molar-refractivity contribution in [3.05, 3.63) is 0 Å². The predicted octanol–water partition coefficient (Wildman–Crippen LogP) is 2.70. The predicted molar refractivity (Wildman–Crippen MR) is 52.7 cm³/mol. The number of ether oxygens (including phenoxy) is 1. The SMILES string of the molecule is CCCOC1(C(=O)CC)CCCC1. The summed E-state index contributed by atoms with van der Waals surface area (Å²) in [6.45, 7) is 4.74. The summed E-state index contributed by atoms with van der Waals surface area (Å²) in [7, 11) is 0. The van der Waals surface area contributed by atoms with Crippen molar-refractivity contribution in [1.29, 1.82) is 0 Å². The molecule has 1 saturated carbocycles. The van der Waals surface area contributed by atoms with Crippen LogP contribution in [-0.4, -0.2) is 18.0 Å². The Morgan fingerprint density at radius 3 is 2.38 bits per heavy atom. The lowest BCUT2D eigenvalue weighted by molar-refractivity contribution is -0.143. The van der Waals surface area contributed by atoms with E-state index in [0.717, 1.165) is 38.7 Å². The largest absolute Gasteiger partial charge is 0.367 e. The standard InChI is InChI=1S/C11H20O2/c1-3-9-13-11(10(12)4-2)7-5-6-8-11/h3-9H2,1-2H3. The van der Waals surface area contributed by atoms with Crippen molar-refractivity contribution in [2.75, 3.05) is 6.61 Å². The van der Waals surface area contributed by atoms with Crippen molar-refractivity contribution in [2.24, 2.45) is 0 Å². The van der Waals surface area contributed by atoms with E-state index in [1.54, 1.807) is 0 Å². The highest BCUT2D eigenvalue weighted by Crippen LogP contribution is 2.34. The van der Waals surface area contributed by atoms with Crippen LogP contribution in [0.4, 0.5) is 0 Å². The van der Waals surface area contributed by atoms with Crippen molar-refractivity contribution >= 4 is 5.78 Å². The highest BCUT2D eigenvalue weighted by molar-refractivity contribution is 5.87. The molecule has 2 nitrogen and oxygen atoms in total. The summed E-state index contributed by atoms with van der Waals surface area (Å²) in [5.74, 6) is 0.304. The second-order valence-electron chi connectivity index (χ2n) is 3.83. The molecule has 0 aromatic heterocycles. The maximum Gasteiger partial charge on any atom is 0.164 e. The van der Waals surface area contributed by atoms with Crippen molar-refractivity contribution in [1.82, 2.24) is 0 Å². The zero-order valence-electron chi connectivity index (χ0n) is 8.77. The van der Waals surface area contributed by atoms with Crippen LogP contribution in [0.15, 0.2) is 0 Å². The lowest BCUT2D eigenvalue weighted by Gasteiger charge is -2.27. The highest BCUT2D eigenvalue weighted by Gasteiger charge is 2.40. The van der Waals surface area contributed by atoms with Gasteiger partial charge in [-0.1, -0.05) is 13.8 Å². The zero-order chi connectivity index (χ0) is 9.73. The van der Waals surface area contributed by atoms with Gasteiger partial charge in [-0.25, -0.2) is 0 Å². The van der Waals surface area contributed by atoms with Crippen LogP contribution in [0.25, 0.3) is 0 Å². The van der Waals surface area contributed by atoms with E-state index in [4.69, 9.17) is 4.74 Å². The van der Waals surface area contributed by atoms with Crippen molar-refractivity contribution in [2.45, 2.75) is 58.0 Å². The van der Waals surface area contributed by atoms with Gasteiger partial charge in [-0.05, 0) is 32.1 Å². The Bertz CT molecular complexity index is 169. The highest BCUT2D eigenvalue weighted by atomic mass is 16.5. The van der Waals surface area contributed by atoms with Crippen LogP contribution in [0.3, 0.4) is 0 Å². The van der Waals surface area contributed by atoms with Crippen LogP contribution in [0, 0.1) is 0 Å². The maximum atomic E-state index is 11.7. The third-order valence-electron chi connectivity index (χ3n) is 2.82. The topological polar surface area (TPSA) is 26.3 Å². The second kappa shape index (κ2) is 4.75. The average Bonchev–Trinajstić information content (AvgIpc) is 2.63. The summed E-state index contributed by atoms with van der Waals surface area (Å²) < 4.78 is 5.74. The summed E-state index contributed by atoms with van der Waals surface area (Å²) in [6, 6.07) is 0. The van der Waals surface area contributed by atoms with Crippen LogP contribution in [0.2, 0.25) is 0 Å². The number of carbonyl (C=O) groups is 1. The van der Waals surface area contributed by atoms with E-state index in [9.17, 15) is 4.79 Å². The first kappa shape index (κ1) is 10.7. The molecule has 0 amide bonds. The molecule has 1 rings (SSSR count). The van der Waals surface area contributed by atoms with Gasteiger partial charge in [0.1, 0.15) is 5.60 Å². The molecule has 0 spiro atoms. The molecule has 0 aromatic carbocycles. The van der Waals surface area contributed by atoms with E-state index >= 15 is 0 Å². The van der Waals surface area contributed by atoms with Crippen molar-refractivity contribution in [3.8, 4) is 0 Å². The monoisotopic (exact) mass is 184 g/mol. The van der Waals surface area contributed by atoms with Crippen LogP contribution >= 0.6 is 0 Å². The minimum Gasteiger partial charge on any atom is -0.367 e. The Kier molecular flexibility index (Phi) is 3.91. The molecule has 0 aromatic rings. The van der Waals surface area contributed by atoms with E-state index < -0.39 is 0 Å². The third-order valence-corrected chi connectivity index (χ3v) is 2.82. The van der Waals surface area contributed by atoms with Gasteiger partial charge in [0.05, 0.1) is 0 Å². The summed E-state index contributed by atoms with van der Waals surface area (Å²) in [6.07, 6.45) is 5.80. The first-order valence-corrected chi connectivity index (χ1v) is 5.42. The molecular formula is C11H20O2. The molecule has 0 radical (unpaired) electrons. The first-order chi connectivity index (χ1) is 6.25. The number of ketones is 1. The average molecular weight is 184 g/mol. The molecule has 0 unspecified atom stereocenters. The zero-order valence-corrected chi connectivity index (χ0v) is 8.77. The van der Waals surface area contributed by atoms with Gasteiger partial charge >= 0.3 is 0 Å². The van der Waals surface area contributed by atoms with Crippen LogP contribution in [0.1, 0.15) is 52.4 Å². The van der Waals surface area contributed by atoms with E-state index in [1.807, 2.05) is 6.92 Å². The normalized spacial score (nSPS) is 20.5. The van der Waals surface area contributed by atoms with Gasteiger partial charge in [0.25, 0.3) is 0 Å². The quantitative estimate of drug-likeness (QED) is 0.656. The first-order valence-electron chi connectivity index (χ1n) is 5.42. The molecule has 1 aliphatic rings. The molecular weight excluding hydrogens is 164 g/mol. The summed E-state index contributed by atoms with van der Waals surface area (Å²) >= 11 is 0. The molecule has 0 bridgehead atoms. The molecule has 1 fully saturated rings. The maximum absolute atomic E-state index is 11.7. The number of rotatable bonds is 5. The number of hydrogen-bond acceptors (Lipinski definition) is 2. The molecule has 0 saturated heterocycles. The van der Waals surface area contributed by atoms with Gasteiger partial charge in [0, 0.05) is 13.0 Å². The summed E-state index contributed by atoms with van der Waals surface area (Å²) in [4.78, 5) is 11.7. The van der Waals surface area contributed by atoms with Gasteiger partial charge < -0.3 is 4.74 Å². The fourth-order valence-electron chi connectivity index (χ4n) is 2.07. The third kappa shape index (κ3) is 2.31. The minimum absolute atomic E-state index is 0.304. The van der Waals surface area contributed by atoms with E-state index in [2.05, 4.69) is 6.92 Å². The molecule has 0 N–H and O–H groups in total.